The van der Waals surface area contributed by atoms with Crippen LogP contribution in [0.1, 0.15) is 12.8 Å². The number of hydrogen-bond acceptors (Lipinski definition) is 4. The molecule has 0 aliphatic carbocycles. The van der Waals surface area contributed by atoms with Gasteiger partial charge in [-0.05, 0) is 18.6 Å². The molecule has 1 N–H and O–H groups in total. The van der Waals surface area contributed by atoms with E-state index in [0.29, 0.717) is 12.8 Å². The van der Waals surface area contributed by atoms with Crippen LogP contribution in [0.15, 0.2) is 28.9 Å². The number of aliphatic hydroxyl groups is 1. The summed E-state index contributed by atoms with van der Waals surface area (Å²) in [6, 6.07) is 0. The van der Waals surface area contributed by atoms with Crippen molar-refractivity contribution in [2.45, 2.75) is 37.3 Å². The van der Waals surface area contributed by atoms with Gasteiger partial charge in [0.15, 0.2) is 0 Å². The molecule has 5 heteroatoms. The Morgan fingerprint density at radius 2 is 2.41 bits per heavy atom. The summed E-state index contributed by atoms with van der Waals surface area (Å²) in [4.78, 5) is 12.5. The molecule has 0 bridgehead atoms. The Balaban J connectivity index is 1.78. The topological polar surface area (TPSA) is 59.1 Å². The highest BCUT2D eigenvalue weighted by molar-refractivity contribution is 9.11. The summed E-state index contributed by atoms with van der Waals surface area (Å²) < 4.78 is 10.2. The Morgan fingerprint density at radius 3 is 3.06 bits per heavy atom. The third kappa shape index (κ3) is 3.54. The lowest BCUT2D eigenvalue weighted by Gasteiger charge is -2.04. The number of aliphatic hydroxyl groups excluding tert-OH is 1. The molecular weight excluding hydrogens is 288 g/mol. The summed E-state index contributed by atoms with van der Waals surface area (Å²) in [5, 5.41) is 9.76. The molecule has 92 valence electrons. The van der Waals surface area contributed by atoms with E-state index < -0.39 is 6.10 Å². The van der Waals surface area contributed by atoms with Gasteiger partial charge in [-0.15, -0.1) is 5.73 Å². The number of hydrogen-bond donors (Lipinski definition) is 1. The van der Waals surface area contributed by atoms with Crippen molar-refractivity contribution >= 4 is 21.9 Å². The quantitative estimate of drug-likeness (QED) is 0.369. The van der Waals surface area contributed by atoms with Gasteiger partial charge in [-0.2, -0.15) is 0 Å². The second-order valence-corrected chi connectivity index (χ2v) is 4.41. The number of epoxide rings is 1. The monoisotopic (exact) mass is 300 g/mol. The van der Waals surface area contributed by atoms with E-state index >= 15 is 0 Å². The van der Waals surface area contributed by atoms with Crippen LogP contribution in [0.25, 0.3) is 0 Å². The summed E-state index contributed by atoms with van der Waals surface area (Å²) >= 11 is 3.10. The highest BCUT2D eigenvalue weighted by Crippen LogP contribution is 2.27. The molecular formula is C12H13BrO4. The van der Waals surface area contributed by atoms with Gasteiger partial charge in [0.25, 0.3) is 0 Å². The van der Waals surface area contributed by atoms with E-state index in [1.807, 2.05) is 0 Å². The van der Waals surface area contributed by atoms with Crippen LogP contribution in [-0.4, -0.2) is 35.5 Å². The largest absolute Gasteiger partial charge is 0.458 e. The molecule has 2 saturated heterocycles. The molecule has 17 heavy (non-hydrogen) atoms. The fraction of sp³-hybridized carbons (Fsp3) is 0.500. The van der Waals surface area contributed by atoms with E-state index in [1.54, 1.807) is 23.2 Å². The Labute approximate surface area is 108 Å². The van der Waals surface area contributed by atoms with E-state index in [4.69, 9.17) is 9.47 Å². The number of ether oxygens (including phenoxy) is 2. The number of cyclic esters (lactones) is 1. The number of rotatable bonds is 4. The minimum absolute atomic E-state index is 0.0884. The number of carbonyl (C=O) groups excluding carboxylic acids is 1. The van der Waals surface area contributed by atoms with Crippen molar-refractivity contribution in [3.05, 3.63) is 28.9 Å². The van der Waals surface area contributed by atoms with Crippen molar-refractivity contribution in [2.24, 2.45) is 0 Å². The van der Waals surface area contributed by atoms with Gasteiger partial charge in [-0.25, -0.2) is 0 Å². The van der Waals surface area contributed by atoms with Crippen molar-refractivity contribution < 1.29 is 19.4 Å². The first-order valence-electron chi connectivity index (χ1n) is 5.43. The Hall–Kier alpha value is -0.870. The van der Waals surface area contributed by atoms with Gasteiger partial charge >= 0.3 is 5.97 Å². The lowest BCUT2D eigenvalue weighted by molar-refractivity contribution is -0.140. The Kier molecular flexibility index (Phi) is 4.18. The second-order valence-electron chi connectivity index (χ2n) is 3.95. The summed E-state index contributed by atoms with van der Waals surface area (Å²) in [6.07, 6.45) is 5.04. The van der Waals surface area contributed by atoms with Gasteiger partial charge in [-0.1, -0.05) is 22.0 Å². The minimum atomic E-state index is -0.673. The number of esters is 1. The predicted octanol–water partition coefficient (Wildman–Crippen LogP) is 1.44. The van der Waals surface area contributed by atoms with Gasteiger partial charge in [0.1, 0.15) is 24.4 Å². The molecule has 2 aliphatic heterocycles. The van der Waals surface area contributed by atoms with Crippen molar-refractivity contribution in [3.8, 4) is 0 Å². The maximum Gasteiger partial charge on any atom is 0.306 e. The predicted molar refractivity (Wildman–Crippen MR) is 64.5 cm³/mol. The van der Waals surface area contributed by atoms with E-state index in [0.717, 1.165) is 0 Å². The van der Waals surface area contributed by atoms with Gasteiger partial charge in [0.05, 0.1) is 0 Å². The van der Waals surface area contributed by atoms with E-state index in [-0.39, 0.29) is 24.3 Å². The summed E-state index contributed by atoms with van der Waals surface area (Å²) in [5.74, 6) is -0.180. The Morgan fingerprint density at radius 1 is 1.59 bits per heavy atom. The first-order chi connectivity index (χ1) is 8.20. The maximum atomic E-state index is 10.9. The molecule has 0 aromatic carbocycles. The van der Waals surface area contributed by atoms with Gasteiger partial charge in [-0.3, -0.25) is 4.79 Å². The van der Waals surface area contributed by atoms with Crippen LogP contribution in [0.4, 0.5) is 0 Å². The summed E-state index contributed by atoms with van der Waals surface area (Å²) in [6.45, 7) is 0. The van der Waals surface area contributed by atoms with Crippen LogP contribution >= 0.6 is 15.9 Å². The summed E-state index contributed by atoms with van der Waals surface area (Å²) in [7, 11) is 0. The molecule has 2 heterocycles. The zero-order valence-electron chi connectivity index (χ0n) is 9.08. The Bertz CT molecular complexity index is 384. The lowest BCUT2D eigenvalue weighted by atomic mass is 10.1. The molecule has 0 aromatic heterocycles. The highest BCUT2D eigenvalue weighted by Gasteiger charge is 2.41. The maximum absolute atomic E-state index is 10.9. The van der Waals surface area contributed by atoms with Crippen LogP contribution in [0, 0.1) is 0 Å². The minimum Gasteiger partial charge on any atom is -0.458 e. The molecule has 0 amide bonds. The molecule has 4 atom stereocenters. The van der Waals surface area contributed by atoms with E-state index in [2.05, 4.69) is 21.7 Å². The molecule has 0 radical (unpaired) electrons. The fourth-order valence-electron chi connectivity index (χ4n) is 1.71. The van der Waals surface area contributed by atoms with Gasteiger partial charge in [0.2, 0.25) is 0 Å². The first-order valence-corrected chi connectivity index (χ1v) is 6.35. The third-order valence-electron chi connectivity index (χ3n) is 2.66. The first kappa shape index (κ1) is 12.6. The molecule has 2 fully saturated rings. The standard InChI is InChI=1S/C12H13BrO4/c13-7-1-2-10-12(17-10)9(14)5-3-8-4-6-11(15)16-8/h2-3,5,7-10,12,14H,4,6H2/b5-3+/t1?,8?,9-,10+,12+/m1/s1. The fourth-order valence-corrected chi connectivity index (χ4v) is 1.86. The average Bonchev–Trinajstić information content (AvgIpc) is 2.98. The van der Waals surface area contributed by atoms with Crippen LogP contribution in [0.3, 0.4) is 0 Å². The van der Waals surface area contributed by atoms with Crippen LogP contribution in [0.5, 0.6) is 0 Å². The molecule has 0 saturated carbocycles. The van der Waals surface area contributed by atoms with E-state index in [1.165, 1.54) is 0 Å². The van der Waals surface area contributed by atoms with Gasteiger partial charge in [0, 0.05) is 11.4 Å². The molecule has 0 aromatic rings. The summed E-state index contributed by atoms with van der Waals surface area (Å²) in [5.41, 5.74) is 2.84. The molecule has 0 spiro atoms. The van der Waals surface area contributed by atoms with Crippen LogP contribution in [0.2, 0.25) is 0 Å². The van der Waals surface area contributed by atoms with E-state index in [9.17, 15) is 9.90 Å². The molecule has 2 aliphatic rings. The normalized spacial score (nSPS) is 33.1. The SMILES string of the molecule is O=C1CCC(/C=C/[C@@H](O)[C@@H]2O[C@H]2C=C=CBr)O1. The molecule has 1 unspecified atom stereocenters. The molecule has 2 rings (SSSR count). The number of carbonyl (C=O) groups is 1. The van der Waals surface area contributed by atoms with Crippen LogP contribution < -0.4 is 0 Å². The average molecular weight is 301 g/mol. The van der Waals surface area contributed by atoms with Crippen molar-refractivity contribution in [1.29, 1.82) is 0 Å². The smallest absolute Gasteiger partial charge is 0.306 e. The van der Waals surface area contributed by atoms with Crippen LogP contribution in [-0.2, 0) is 14.3 Å². The van der Waals surface area contributed by atoms with Crippen molar-refractivity contribution in [1.82, 2.24) is 0 Å². The van der Waals surface area contributed by atoms with Gasteiger partial charge < -0.3 is 14.6 Å². The lowest BCUT2D eigenvalue weighted by Crippen LogP contribution is -2.14. The van der Waals surface area contributed by atoms with Crippen molar-refractivity contribution in [3.63, 3.8) is 0 Å². The zero-order valence-corrected chi connectivity index (χ0v) is 10.7. The highest BCUT2D eigenvalue weighted by atomic mass is 79.9. The third-order valence-corrected chi connectivity index (χ3v) is 2.92. The van der Waals surface area contributed by atoms with Crippen molar-refractivity contribution in [2.75, 3.05) is 0 Å². The molecule has 4 nitrogen and oxygen atoms in total. The second kappa shape index (κ2) is 5.65. The zero-order chi connectivity index (χ0) is 12.3. The number of halogens is 1.